The highest BCUT2D eigenvalue weighted by Gasteiger charge is 2.27. The predicted octanol–water partition coefficient (Wildman–Crippen LogP) is 4.40. The second-order valence-electron chi connectivity index (χ2n) is 7.79. The highest BCUT2D eigenvalue weighted by atomic mass is 16.5. The normalized spacial score (nSPS) is 16.1. The molecule has 0 bridgehead atoms. The summed E-state index contributed by atoms with van der Waals surface area (Å²) in [4.78, 5) is 9.00. The van der Waals surface area contributed by atoms with E-state index in [0.29, 0.717) is 11.4 Å². The lowest BCUT2D eigenvalue weighted by atomic mass is 10.1. The van der Waals surface area contributed by atoms with E-state index < -0.39 is 0 Å². The number of piperazine rings is 1. The van der Waals surface area contributed by atoms with Crippen molar-refractivity contribution in [3.8, 4) is 17.7 Å². The summed E-state index contributed by atoms with van der Waals surface area (Å²) in [5.41, 5.74) is 0.569. The molecule has 1 aliphatic heterocycles. The summed E-state index contributed by atoms with van der Waals surface area (Å²) >= 11 is 0. The van der Waals surface area contributed by atoms with Gasteiger partial charge in [-0.15, -0.1) is 10.2 Å². The minimum atomic E-state index is 0.227. The number of nitriles is 1. The smallest absolute Gasteiger partial charge is 0.246 e. The number of anilines is 2. The molecule has 0 N–H and O–H groups in total. The first-order valence-electron chi connectivity index (χ1n) is 10.6. The first-order valence-corrected chi connectivity index (χ1v) is 10.6. The Morgan fingerprint density at radius 1 is 0.938 bits per heavy atom. The Hall–Kier alpha value is -4.18. The Morgan fingerprint density at radius 2 is 1.72 bits per heavy atom. The van der Waals surface area contributed by atoms with E-state index >= 15 is 0 Å². The molecule has 1 aliphatic rings. The van der Waals surface area contributed by atoms with Gasteiger partial charge in [0.2, 0.25) is 5.88 Å². The average molecular weight is 422 g/mol. The Labute approximate surface area is 186 Å². The topological polar surface area (TPSA) is 78.2 Å². The zero-order valence-electron chi connectivity index (χ0n) is 17.7. The molecule has 1 fully saturated rings. The fourth-order valence-corrected chi connectivity index (χ4v) is 4.09. The molecule has 0 aliphatic carbocycles. The van der Waals surface area contributed by atoms with Crippen molar-refractivity contribution >= 4 is 22.4 Å². The van der Waals surface area contributed by atoms with Crippen molar-refractivity contribution in [3.63, 3.8) is 0 Å². The van der Waals surface area contributed by atoms with Crippen LogP contribution in [-0.2, 0) is 0 Å². The van der Waals surface area contributed by atoms with Crippen LogP contribution < -0.4 is 14.5 Å². The summed E-state index contributed by atoms with van der Waals surface area (Å²) in [6.07, 6.45) is 1.62. The van der Waals surface area contributed by atoms with Crippen molar-refractivity contribution in [1.82, 2.24) is 15.2 Å². The lowest BCUT2D eigenvalue weighted by Crippen LogP contribution is -2.52. The lowest BCUT2D eigenvalue weighted by Gasteiger charge is -2.41. The maximum atomic E-state index is 9.01. The second kappa shape index (κ2) is 8.52. The lowest BCUT2D eigenvalue weighted by molar-refractivity contribution is 0.461. The summed E-state index contributed by atoms with van der Waals surface area (Å²) in [5.74, 6) is 2.99. The molecule has 4 aromatic rings. The van der Waals surface area contributed by atoms with E-state index in [2.05, 4.69) is 44.0 Å². The van der Waals surface area contributed by atoms with Gasteiger partial charge >= 0.3 is 0 Å². The van der Waals surface area contributed by atoms with Gasteiger partial charge in [-0.1, -0.05) is 36.4 Å². The highest BCUT2D eigenvalue weighted by Crippen LogP contribution is 2.33. The number of ether oxygens (including phenoxy) is 1. The molecule has 0 spiro atoms. The molecule has 3 heterocycles. The monoisotopic (exact) mass is 422 g/mol. The molecule has 158 valence electrons. The Morgan fingerprint density at radius 3 is 2.44 bits per heavy atom. The van der Waals surface area contributed by atoms with Gasteiger partial charge in [-0.05, 0) is 37.3 Å². The molecule has 0 amide bonds. The van der Waals surface area contributed by atoms with Gasteiger partial charge in [0, 0.05) is 42.6 Å². The molecule has 7 nitrogen and oxygen atoms in total. The van der Waals surface area contributed by atoms with Gasteiger partial charge in [-0.3, -0.25) is 0 Å². The molecule has 0 unspecified atom stereocenters. The SMILES string of the molecule is C[C@@H]1CN(c2nnc(Oc3ccccc3)c3ccccc23)CCN1c1ccc(C#N)cn1. The molecule has 0 radical (unpaired) electrons. The fraction of sp³-hybridized carbons (Fsp3) is 0.200. The van der Waals surface area contributed by atoms with Crippen LogP contribution in [0, 0.1) is 11.3 Å². The number of nitrogens with zero attached hydrogens (tertiary/aromatic N) is 6. The van der Waals surface area contributed by atoms with Crippen LogP contribution in [0.25, 0.3) is 10.8 Å². The zero-order valence-corrected chi connectivity index (χ0v) is 17.7. The Kier molecular flexibility index (Phi) is 5.26. The minimum Gasteiger partial charge on any atom is -0.437 e. The van der Waals surface area contributed by atoms with Gasteiger partial charge < -0.3 is 14.5 Å². The van der Waals surface area contributed by atoms with E-state index in [4.69, 9.17) is 10.00 Å². The first-order chi connectivity index (χ1) is 15.7. The highest BCUT2D eigenvalue weighted by molar-refractivity contribution is 5.95. The number of para-hydroxylation sites is 1. The van der Waals surface area contributed by atoms with Gasteiger partial charge in [0.05, 0.1) is 5.56 Å². The third-order valence-electron chi connectivity index (χ3n) is 5.69. The van der Waals surface area contributed by atoms with Gasteiger partial charge in [-0.25, -0.2) is 4.98 Å². The van der Waals surface area contributed by atoms with Crippen LogP contribution in [0.2, 0.25) is 0 Å². The molecular formula is C25H22N6O. The minimum absolute atomic E-state index is 0.227. The molecule has 5 rings (SSSR count). The van der Waals surface area contributed by atoms with Crippen LogP contribution >= 0.6 is 0 Å². The number of rotatable bonds is 4. The molecule has 1 saturated heterocycles. The van der Waals surface area contributed by atoms with Crippen molar-refractivity contribution in [2.24, 2.45) is 0 Å². The standard InChI is InChI=1S/C25H22N6O/c1-18-17-30(13-14-31(18)23-12-11-19(15-26)16-27-23)24-21-9-5-6-10-22(21)25(29-28-24)32-20-7-3-2-4-8-20/h2-12,16,18H,13-14,17H2,1H3/t18-/m1/s1. The number of fused-ring (bicyclic) bond motifs is 1. The maximum Gasteiger partial charge on any atom is 0.246 e. The van der Waals surface area contributed by atoms with Gasteiger partial charge in [0.25, 0.3) is 0 Å². The summed E-state index contributed by atoms with van der Waals surface area (Å²) < 4.78 is 6.02. The largest absolute Gasteiger partial charge is 0.437 e. The van der Waals surface area contributed by atoms with Crippen LogP contribution in [0.4, 0.5) is 11.6 Å². The molecule has 0 saturated carbocycles. The van der Waals surface area contributed by atoms with Crippen molar-refractivity contribution < 1.29 is 4.74 Å². The molecular weight excluding hydrogens is 400 g/mol. The molecule has 32 heavy (non-hydrogen) atoms. The van der Waals surface area contributed by atoms with Gasteiger partial charge in [-0.2, -0.15) is 5.26 Å². The van der Waals surface area contributed by atoms with E-state index in [1.807, 2.05) is 60.7 Å². The maximum absolute atomic E-state index is 9.01. The van der Waals surface area contributed by atoms with Crippen LogP contribution in [0.5, 0.6) is 11.6 Å². The molecule has 7 heteroatoms. The Bertz CT molecular complexity index is 1270. The van der Waals surface area contributed by atoms with Crippen LogP contribution in [0.15, 0.2) is 72.9 Å². The number of hydrogen-bond acceptors (Lipinski definition) is 7. The second-order valence-corrected chi connectivity index (χ2v) is 7.79. The van der Waals surface area contributed by atoms with Crippen molar-refractivity contribution in [1.29, 1.82) is 5.26 Å². The number of aromatic nitrogens is 3. The molecule has 1 atom stereocenters. The van der Waals surface area contributed by atoms with E-state index in [0.717, 1.165) is 47.8 Å². The van der Waals surface area contributed by atoms with E-state index in [1.165, 1.54) is 0 Å². The van der Waals surface area contributed by atoms with Crippen LogP contribution in [-0.4, -0.2) is 40.9 Å². The molecule has 2 aromatic heterocycles. The van der Waals surface area contributed by atoms with E-state index in [9.17, 15) is 0 Å². The average Bonchev–Trinajstić information content (AvgIpc) is 2.85. The quantitative estimate of drug-likeness (QED) is 0.482. The van der Waals surface area contributed by atoms with Gasteiger partial charge in [0.15, 0.2) is 5.82 Å². The van der Waals surface area contributed by atoms with Crippen molar-refractivity contribution in [2.45, 2.75) is 13.0 Å². The van der Waals surface area contributed by atoms with Crippen LogP contribution in [0.1, 0.15) is 12.5 Å². The molecule has 2 aromatic carbocycles. The first kappa shape index (κ1) is 19.8. The fourth-order valence-electron chi connectivity index (χ4n) is 4.09. The number of pyridine rings is 1. The predicted molar refractivity (Wildman–Crippen MR) is 124 cm³/mol. The van der Waals surface area contributed by atoms with Crippen LogP contribution in [0.3, 0.4) is 0 Å². The third kappa shape index (κ3) is 3.79. The summed E-state index contributed by atoms with van der Waals surface area (Å²) in [7, 11) is 0. The summed E-state index contributed by atoms with van der Waals surface area (Å²) in [6.45, 7) is 4.57. The third-order valence-corrected chi connectivity index (χ3v) is 5.69. The van der Waals surface area contributed by atoms with Crippen molar-refractivity contribution in [3.05, 3.63) is 78.5 Å². The Balaban J connectivity index is 1.40. The van der Waals surface area contributed by atoms with Crippen molar-refractivity contribution in [2.75, 3.05) is 29.4 Å². The number of benzene rings is 2. The summed E-state index contributed by atoms with van der Waals surface area (Å²) in [5, 5.41) is 20.0. The zero-order chi connectivity index (χ0) is 21.9. The van der Waals surface area contributed by atoms with E-state index in [-0.39, 0.29) is 6.04 Å². The van der Waals surface area contributed by atoms with E-state index in [1.54, 1.807) is 6.20 Å². The number of hydrogen-bond donors (Lipinski definition) is 0. The van der Waals surface area contributed by atoms with Gasteiger partial charge in [0.1, 0.15) is 17.6 Å². The summed E-state index contributed by atoms with van der Waals surface area (Å²) in [6, 6.07) is 23.8.